The van der Waals surface area contributed by atoms with Gasteiger partial charge in [-0.1, -0.05) is 38.4 Å². The summed E-state index contributed by atoms with van der Waals surface area (Å²) in [5, 5.41) is 41.3. The molecule has 0 radical (unpaired) electrons. The summed E-state index contributed by atoms with van der Waals surface area (Å²) in [6, 6.07) is 0. The Morgan fingerprint density at radius 2 is 1.93 bits per heavy atom. The molecule has 0 heterocycles. The Morgan fingerprint density at radius 1 is 1.30 bits per heavy atom. The van der Waals surface area contributed by atoms with Crippen LogP contribution < -0.4 is 0 Å². The maximum absolute atomic E-state index is 12.2. The van der Waals surface area contributed by atoms with Crippen LogP contribution in [0.5, 0.6) is 11.5 Å². The van der Waals surface area contributed by atoms with Gasteiger partial charge in [0.15, 0.2) is 6.29 Å². The van der Waals surface area contributed by atoms with Crippen LogP contribution in [-0.4, -0.2) is 45.2 Å². The van der Waals surface area contributed by atoms with E-state index in [2.05, 4.69) is 6.92 Å². The van der Waals surface area contributed by atoms with E-state index in [9.17, 15) is 30.0 Å². The first kappa shape index (κ1) is 24.4. The fourth-order valence-electron chi connectivity index (χ4n) is 4.38. The van der Waals surface area contributed by atoms with Crippen LogP contribution in [0.4, 0.5) is 0 Å². The number of halogens is 1. The summed E-state index contributed by atoms with van der Waals surface area (Å²) in [5.74, 6) is -0.497. The molecule has 0 saturated heterocycles. The van der Waals surface area contributed by atoms with E-state index in [1.807, 2.05) is 13.8 Å². The van der Waals surface area contributed by atoms with Gasteiger partial charge < -0.3 is 20.4 Å². The third kappa shape index (κ3) is 4.41. The summed E-state index contributed by atoms with van der Waals surface area (Å²) < 4.78 is 0. The molecule has 4 unspecified atom stereocenters. The molecule has 1 aliphatic carbocycles. The zero-order valence-corrected chi connectivity index (χ0v) is 18.7. The highest BCUT2D eigenvalue weighted by Crippen LogP contribution is 2.47. The molecule has 4 atom stereocenters. The predicted molar refractivity (Wildman–Crippen MR) is 115 cm³/mol. The molecule has 4 N–H and O–H groups in total. The van der Waals surface area contributed by atoms with Gasteiger partial charge in [-0.05, 0) is 48.7 Å². The molecule has 1 saturated carbocycles. The lowest BCUT2D eigenvalue weighted by Gasteiger charge is -2.45. The van der Waals surface area contributed by atoms with Crippen molar-refractivity contribution in [2.45, 2.75) is 59.5 Å². The topological polar surface area (TPSA) is 115 Å². The Balaban J connectivity index is 2.31. The summed E-state index contributed by atoms with van der Waals surface area (Å²) >= 11 is 6.07. The highest BCUT2D eigenvalue weighted by Gasteiger charge is 2.44. The van der Waals surface area contributed by atoms with Crippen LogP contribution in [0, 0.1) is 24.2 Å². The lowest BCUT2D eigenvalue weighted by molar-refractivity contribution is -0.133. The van der Waals surface area contributed by atoms with Gasteiger partial charge in [0.2, 0.25) is 0 Å². The second-order valence-electron chi connectivity index (χ2n) is 8.64. The van der Waals surface area contributed by atoms with Gasteiger partial charge in [-0.15, -0.1) is 0 Å². The van der Waals surface area contributed by atoms with Gasteiger partial charge in [0, 0.05) is 17.9 Å². The van der Waals surface area contributed by atoms with Crippen molar-refractivity contribution in [1.29, 1.82) is 0 Å². The van der Waals surface area contributed by atoms with Gasteiger partial charge in [0.25, 0.3) is 0 Å². The van der Waals surface area contributed by atoms with Crippen LogP contribution in [-0.2, 0) is 11.2 Å². The number of aromatic hydroxyl groups is 2. The summed E-state index contributed by atoms with van der Waals surface area (Å²) in [5.41, 5.74) is 0.215. The molecule has 1 aromatic carbocycles. The molecule has 7 heteroatoms. The Bertz CT molecular complexity index is 862. The molecule has 6 nitrogen and oxygen atoms in total. The van der Waals surface area contributed by atoms with E-state index >= 15 is 0 Å². The van der Waals surface area contributed by atoms with Gasteiger partial charge >= 0.3 is 0 Å². The zero-order chi connectivity index (χ0) is 22.8. The summed E-state index contributed by atoms with van der Waals surface area (Å²) in [6.45, 7) is 7.05. The molecule has 1 aromatic rings. The molecular formula is C23H31ClO6. The molecule has 0 aliphatic heterocycles. The molecule has 1 aliphatic rings. The fraction of sp³-hybridized carbons (Fsp3) is 0.565. The zero-order valence-electron chi connectivity index (χ0n) is 17.9. The minimum absolute atomic E-state index is 0.0109. The molecule has 0 amide bonds. The van der Waals surface area contributed by atoms with Crippen molar-refractivity contribution in [3.8, 4) is 11.5 Å². The number of allylic oxidation sites excluding steroid dienone is 1. The van der Waals surface area contributed by atoms with Crippen molar-refractivity contribution in [1.82, 2.24) is 0 Å². The van der Waals surface area contributed by atoms with E-state index in [0.29, 0.717) is 24.7 Å². The average Bonchev–Trinajstić information content (AvgIpc) is 2.71. The van der Waals surface area contributed by atoms with Gasteiger partial charge in [-0.25, -0.2) is 0 Å². The largest absolute Gasteiger partial charge is 0.507 e. The lowest BCUT2D eigenvalue weighted by Crippen LogP contribution is -2.44. The highest BCUT2D eigenvalue weighted by atomic mass is 35.5. The van der Waals surface area contributed by atoms with E-state index in [-0.39, 0.29) is 57.3 Å². The maximum Gasteiger partial charge on any atom is 0.154 e. The normalized spacial score (nSPS) is 26.0. The highest BCUT2D eigenvalue weighted by molar-refractivity contribution is 6.33. The van der Waals surface area contributed by atoms with Crippen LogP contribution in [0.15, 0.2) is 11.6 Å². The number of Topliss-reactive ketones (excluding diaryl/α,β-unsaturated/α-hetero) is 1. The summed E-state index contributed by atoms with van der Waals surface area (Å²) in [7, 11) is 0. The SMILES string of the molecule is Cc1c(Cl)c(O)c(C/C=C(\CO)C(O)CC2(C)C(C)CCC(=O)C2C)c(O)c1C=O. The molecule has 166 valence electrons. The first-order valence-electron chi connectivity index (χ1n) is 10.2. The fourth-order valence-corrected chi connectivity index (χ4v) is 4.60. The first-order valence-corrected chi connectivity index (χ1v) is 10.6. The molecule has 2 rings (SSSR count). The first-order chi connectivity index (χ1) is 14.0. The second-order valence-corrected chi connectivity index (χ2v) is 9.02. The monoisotopic (exact) mass is 438 g/mol. The Labute approximate surface area is 182 Å². The number of carbonyl (C=O) groups is 2. The number of hydrogen-bond donors (Lipinski definition) is 4. The van der Waals surface area contributed by atoms with Crippen molar-refractivity contribution in [2.24, 2.45) is 17.3 Å². The smallest absolute Gasteiger partial charge is 0.154 e. The average molecular weight is 439 g/mol. The predicted octanol–water partition coefficient (Wildman–Crippen LogP) is 3.73. The summed E-state index contributed by atoms with van der Waals surface area (Å²) in [6.07, 6.45) is 2.57. The van der Waals surface area contributed by atoms with Gasteiger partial charge in [-0.2, -0.15) is 0 Å². The van der Waals surface area contributed by atoms with E-state index < -0.39 is 18.1 Å². The van der Waals surface area contributed by atoms with Crippen LogP contribution in [0.1, 0.15) is 61.5 Å². The van der Waals surface area contributed by atoms with E-state index in [1.54, 1.807) is 0 Å². The van der Waals surface area contributed by atoms with Crippen molar-refractivity contribution >= 4 is 23.7 Å². The van der Waals surface area contributed by atoms with Crippen LogP contribution in [0.2, 0.25) is 5.02 Å². The van der Waals surface area contributed by atoms with Crippen LogP contribution in [0.3, 0.4) is 0 Å². The number of phenols is 2. The van der Waals surface area contributed by atoms with E-state index in [1.165, 1.54) is 13.0 Å². The molecular weight excluding hydrogens is 408 g/mol. The van der Waals surface area contributed by atoms with Gasteiger partial charge in [0.05, 0.1) is 23.3 Å². The number of phenolic OH excluding ortho intramolecular Hbond substituents is 2. The molecule has 0 spiro atoms. The Hall–Kier alpha value is -1.89. The molecule has 0 bridgehead atoms. The number of aldehydes is 1. The Morgan fingerprint density at radius 3 is 2.50 bits per heavy atom. The van der Waals surface area contributed by atoms with Crippen molar-refractivity contribution in [3.63, 3.8) is 0 Å². The standard InChI is InChI=1S/C23H31ClO6/c1-12-5-8-18(27)14(3)23(12,4)9-19(28)15(10-25)6-7-16-21(29)17(11-26)13(2)20(24)22(16)30/h6,11-12,14,19,25,28-30H,5,7-10H2,1-4H3/b15-6+. The van der Waals surface area contributed by atoms with Crippen molar-refractivity contribution < 1.29 is 30.0 Å². The number of aliphatic hydroxyl groups excluding tert-OH is 2. The quantitative estimate of drug-likeness (QED) is 0.381. The number of rotatable bonds is 7. The second kappa shape index (κ2) is 9.50. The number of carbonyl (C=O) groups excluding carboxylic acids is 2. The minimum atomic E-state index is -0.994. The van der Waals surface area contributed by atoms with Crippen LogP contribution >= 0.6 is 11.6 Å². The van der Waals surface area contributed by atoms with Crippen LogP contribution in [0.25, 0.3) is 0 Å². The molecule has 30 heavy (non-hydrogen) atoms. The van der Waals surface area contributed by atoms with E-state index in [0.717, 1.165) is 6.42 Å². The van der Waals surface area contributed by atoms with E-state index in [4.69, 9.17) is 11.6 Å². The minimum Gasteiger partial charge on any atom is -0.507 e. The molecule has 0 aromatic heterocycles. The molecule has 1 fully saturated rings. The third-order valence-electron chi connectivity index (χ3n) is 7.12. The maximum atomic E-state index is 12.2. The Kier molecular flexibility index (Phi) is 7.72. The van der Waals surface area contributed by atoms with Gasteiger partial charge in [-0.3, -0.25) is 9.59 Å². The number of hydrogen-bond acceptors (Lipinski definition) is 6. The van der Waals surface area contributed by atoms with Crippen molar-refractivity contribution in [3.05, 3.63) is 33.4 Å². The summed E-state index contributed by atoms with van der Waals surface area (Å²) in [4.78, 5) is 23.5. The van der Waals surface area contributed by atoms with Gasteiger partial charge in [0.1, 0.15) is 17.3 Å². The van der Waals surface area contributed by atoms with Crippen molar-refractivity contribution in [2.75, 3.05) is 6.61 Å². The lowest BCUT2D eigenvalue weighted by atomic mass is 9.59. The number of ketones is 1. The number of benzene rings is 1. The number of aliphatic hydroxyl groups is 2. The third-order valence-corrected chi connectivity index (χ3v) is 7.58.